The van der Waals surface area contributed by atoms with Crippen LogP contribution in [0, 0.1) is 11.6 Å². The normalized spacial score (nSPS) is 18.5. The summed E-state index contributed by atoms with van der Waals surface area (Å²) < 4.78 is 32.5. The summed E-state index contributed by atoms with van der Waals surface area (Å²) in [5.41, 5.74) is 5.27. The third-order valence-corrected chi connectivity index (χ3v) is 4.35. The maximum absolute atomic E-state index is 13.9. The number of benzene rings is 2. The van der Waals surface area contributed by atoms with Gasteiger partial charge in [-0.05, 0) is 19.1 Å². The first-order chi connectivity index (χ1) is 12.4. The number of hydrogen-bond donors (Lipinski definition) is 3. The van der Waals surface area contributed by atoms with Crippen LogP contribution >= 0.6 is 17.0 Å². The Hall–Kier alpha value is -2.19. The number of guanidine groups is 1. The summed E-state index contributed by atoms with van der Waals surface area (Å²) in [7, 11) is 0. The van der Waals surface area contributed by atoms with Crippen LogP contribution in [0.4, 0.5) is 8.78 Å². The molecule has 1 heterocycles. The first kappa shape index (κ1) is 21.1. The maximum atomic E-state index is 13.9. The van der Waals surface area contributed by atoms with Crippen LogP contribution in [0.2, 0.25) is 0 Å². The van der Waals surface area contributed by atoms with E-state index in [0.717, 1.165) is 29.9 Å². The van der Waals surface area contributed by atoms with E-state index in [1.54, 1.807) is 0 Å². The van der Waals surface area contributed by atoms with Gasteiger partial charge in [-0.15, -0.1) is 17.0 Å². The number of aliphatic hydroxyl groups is 1. The standard InChI is InChI=1S/C19H21F2N3O2.BrH/c1-19(25,14-7-6-12(20)10-15(14)21)11-23-18(22)24-16-8-9-26-17-5-3-2-4-13(16)17;/h2-7,10,16,25H,8-9,11H2,1H3,(H3,22,23,24);1H. The number of para-hydroxylation sites is 1. The van der Waals surface area contributed by atoms with E-state index < -0.39 is 17.2 Å². The van der Waals surface area contributed by atoms with Crippen molar-refractivity contribution in [1.82, 2.24) is 5.32 Å². The van der Waals surface area contributed by atoms with Crippen molar-refractivity contribution in [2.45, 2.75) is 25.0 Å². The molecule has 1 aliphatic heterocycles. The summed E-state index contributed by atoms with van der Waals surface area (Å²) in [5, 5.41) is 13.6. The van der Waals surface area contributed by atoms with Gasteiger partial charge in [-0.1, -0.05) is 24.3 Å². The number of nitrogens with zero attached hydrogens (tertiary/aromatic N) is 1. The first-order valence-corrected chi connectivity index (χ1v) is 8.33. The zero-order valence-corrected chi connectivity index (χ0v) is 16.5. The molecule has 0 bridgehead atoms. The molecule has 0 saturated heterocycles. The third kappa shape index (κ3) is 4.95. The molecular weight excluding hydrogens is 420 g/mol. The molecule has 146 valence electrons. The van der Waals surface area contributed by atoms with Crippen molar-refractivity contribution in [3.8, 4) is 5.75 Å². The molecule has 2 aromatic carbocycles. The van der Waals surface area contributed by atoms with Crippen LogP contribution in [-0.2, 0) is 5.60 Å². The molecule has 0 spiro atoms. The predicted molar refractivity (Wildman–Crippen MR) is 105 cm³/mol. The molecule has 0 fully saturated rings. The van der Waals surface area contributed by atoms with Crippen molar-refractivity contribution in [3.05, 3.63) is 65.2 Å². The van der Waals surface area contributed by atoms with Crippen LogP contribution in [0.5, 0.6) is 5.75 Å². The van der Waals surface area contributed by atoms with Gasteiger partial charge in [0, 0.05) is 23.6 Å². The second-order valence-corrected chi connectivity index (χ2v) is 6.47. The molecule has 2 atom stereocenters. The summed E-state index contributed by atoms with van der Waals surface area (Å²) >= 11 is 0. The van der Waals surface area contributed by atoms with Crippen LogP contribution in [-0.4, -0.2) is 24.2 Å². The minimum atomic E-state index is -1.61. The Morgan fingerprint density at radius 2 is 2.07 bits per heavy atom. The highest BCUT2D eigenvalue weighted by molar-refractivity contribution is 8.93. The van der Waals surface area contributed by atoms with Crippen molar-refractivity contribution in [2.24, 2.45) is 10.7 Å². The van der Waals surface area contributed by atoms with E-state index in [9.17, 15) is 13.9 Å². The van der Waals surface area contributed by atoms with Gasteiger partial charge in [0.05, 0.1) is 19.2 Å². The zero-order valence-electron chi connectivity index (χ0n) is 14.8. The van der Waals surface area contributed by atoms with Gasteiger partial charge in [-0.2, -0.15) is 0 Å². The van der Waals surface area contributed by atoms with E-state index in [4.69, 9.17) is 10.5 Å². The maximum Gasteiger partial charge on any atom is 0.189 e. The van der Waals surface area contributed by atoms with Gasteiger partial charge in [0.1, 0.15) is 23.0 Å². The lowest BCUT2D eigenvalue weighted by Gasteiger charge is -2.27. The molecule has 5 nitrogen and oxygen atoms in total. The first-order valence-electron chi connectivity index (χ1n) is 8.33. The number of halogens is 3. The van der Waals surface area contributed by atoms with Gasteiger partial charge in [0.15, 0.2) is 5.96 Å². The molecule has 3 rings (SSSR count). The summed E-state index contributed by atoms with van der Waals surface area (Å²) in [4.78, 5) is 4.13. The lowest BCUT2D eigenvalue weighted by Crippen LogP contribution is -2.38. The van der Waals surface area contributed by atoms with E-state index in [2.05, 4.69) is 10.3 Å². The Bertz CT molecular complexity index is 830. The van der Waals surface area contributed by atoms with Crippen LogP contribution in [0.25, 0.3) is 0 Å². The Kier molecular flexibility index (Phi) is 6.78. The fourth-order valence-corrected chi connectivity index (χ4v) is 2.97. The number of hydrogen-bond acceptors (Lipinski definition) is 3. The molecule has 1 aliphatic rings. The van der Waals surface area contributed by atoms with Crippen molar-refractivity contribution >= 4 is 22.9 Å². The van der Waals surface area contributed by atoms with Gasteiger partial charge in [0.2, 0.25) is 0 Å². The molecule has 27 heavy (non-hydrogen) atoms. The monoisotopic (exact) mass is 441 g/mol. The number of nitrogens with two attached hydrogens (primary N) is 1. The van der Waals surface area contributed by atoms with Crippen molar-refractivity contribution in [2.75, 3.05) is 13.2 Å². The van der Waals surface area contributed by atoms with Crippen molar-refractivity contribution in [3.63, 3.8) is 0 Å². The fraction of sp³-hybridized carbons (Fsp3) is 0.316. The molecule has 0 aromatic heterocycles. The second-order valence-electron chi connectivity index (χ2n) is 6.47. The highest BCUT2D eigenvalue weighted by Crippen LogP contribution is 2.31. The van der Waals surface area contributed by atoms with Gasteiger partial charge < -0.3 is 20.9 Å². The van der Waals surface area contributed by atoms with Crippen LogP contribution in [0.15, 0.2) is 47.5 Å². The molecule has 2 unspecified atom stereocenters. The van der Waals surface area contributed by atoms with E-state index >= 15 is 0 Å². The van der Waals surface area contributed by atoms with Gasteiger partial charge in [-0.3, -0.25) is 4.99 Å². The van der Waals surface area contributed by atoms with Crippen LogP contribution < -0.4 is 15.8 Å². The number of ether oxygens (including phenoxy) is 1. The van der Waals surface area contributed by atoms with Gasteiger partial charge in [-0.25, -0.2) is 8.78 Å². The van der Waals surface area contributed by atoms with Crippen LogP contribution in [0.1, 0.15) is 30.5 Å². The van der Waals surface area contributed by atoms with E-state index in [1.165, 1.54) is 13.0 Å². The lowest BCUT2D eigenvalue weighted by molar-refractivity contribution is 0.0632. The molecule has 0 saturated carbocycles. The molecule has 0 amide bonds. The molecule has 4 N–H and O–H groups in total. The lowest BCUT2D eigenvalue weighted by atomic mass is 9.95. The number of aliphatic imine (C=N–C) groups is 1. The minimum absolute atomic E-state index is 0. The predicted octanol–water partition coefficient (Wildman–Crippen LogP) is 3.18. The number of nitrogens with one attached hydrogen (secondary N) is 1. The Labute approximate surface area is 167 Å². The number of rotatable bonds is 4. The van der Waals surface area contributed by atoms with E-state index in [-0.39, 0.29) is 41.1 Å². The average Bonchev–Trinajstić information content (AvgIpc) is 2.60. The Morgan fingerprint density at radius 1 is 1.33 bits per heavy atom. The quantitative estimate of drug-likeness (QED) is 0.502. The third-order valence-electron chi connectivity index (χ3n) is 4.35. The van der Waals surface area contributed by atoms with Gasteiger partial charge >= 0.3 is 0 Å². The van der Waals surface area contributed by atoms with Gasteiger partial charge in [0.25, 0.3) is 0 Å². The molecule has 2 aromatic rings. The van der Waals surface area contributed by atoms with Crippen molar-refractivity contribution < 1.29 is 18.6 Å². The second kappa shape index (κ2) is 8.67. The smallest absolute Gasteiger partial charge is 0.189 e. The highest BCUT2D eigenvalue weighted by atomic mass is 79.9. The largest absolute Gasteiger partial charge is 0.493 e. The topological polar surface area (TPSA) is 79.9 Å². The molecule has 8 heteroatoms. The zero-order chi connectivity index (χ0) is 18.7. The van der Waals surface area contributed by atoms with Crippen molar-refractivity contribution in [1.29, 1.82) is 0 Å². The summed E-state index contributed by atoms with van der Waals surface area (Å²) in [6.07, 6.45) is 0.718. The number of fused-ring (bicyclic) bond motifs is 1. The average molecular weight is 442 g/mol. The SMILES string of the molecule is Br.CC(O)(CN=C(N)NC1CCOc2ccccc21)c1ccc(F)cc1F. The molecule has 0 radical (unpaired) electrons. The Morgan fingerprint density at radius 3 is 2.81 bits per heavy atom. The fourth-order valence-electron chi connectivity index (χ4n) is 2.97. The molecule has 0 aliphatic carbocycles. The summed E-state index contributed by atoms with van der Waals surface area (Å²) in [5.74, 6) is -0.598. The molecular formula is C19H22BrF2N3O2. The minimum Gasteiger partial charge on any atom is -0.493 e. The summed E-state index contributed by atoms with van der Waals surface area (Å²) in [6.45, 7) is 1.80. The van der Waals surface area contributed by atoms with Crippen LogP contribution in [0.3, 0.4) is 0 Å². The van der Waals surface area contributed by atoms with E-state index in [0.29, 0.717) is 6.61 Å². The highest BCUT2D eigenvalue weighted by Gasteiger charge is 2.27. The van der Waals surface area contributed by atoms with E-state index in [1.807, 2.05) is 24.3 Å². The summed E-state index contributed by atoms with van der Waals surface area (Å²) in [6, 6.07) is 10.6. The Balaban J connectivity index is 0.00000261.